The Morgan fingerprint density at radius 2 is 1.36 bits per heavy atom. The minimum atomic E-state index is -0.642. The van der Waals surface area contributed by atoms with Gasteiger partial charge in [0.2, 0.25) is 11.8 Å². The van der Waals surface area contributed by atoms with Gasteiger partial charge in [-0.15, -0.1) is 0 Å². The molecule has 3 aromatic rings. The second-order valence-corrected chi connectivity index (χ2v) is 10.3. The van der Waals surface area contributed by atoms with E-state index in [1.54, 1.807) is 12.1 Å². The van der Waals surface area contributed by atoms with Crippen LogP contribution in [0.4, 0.5) is 11.4 Å². The maximum atomic E-state index is 13.5. The molecule has 0 aliphatic carbocycles. The largest absolute Gasteiger partial charge is 0.345 e. The fraction of sp³-hybridized carbons (Fsp3) is 0.281. The molecule has 3 atom stereocenters. The van der Waals surface area contributed by atoms with E-state index in [-0.39, 0.29) is 35.6 Å². The van der Waals surface area contributed by atoms with Crippen molar-refractivity contribution in [1.82, 2.24) is 5.32 Å². The molecule has 3 aromatic carbocycles. The highest BCUT2D eigenvalue weighted by atomic mass is 16.2. The number of amides is 3. The number of rotatable bonds is 8. The summed E-state index contributed by atoms with van der Waals surface area (Å²) < 4.78 is 0. The number of nitrogens with two attached hydrogens (primary N) is 1. The summed E-state index contributed by atoms with van der Waals surface area (Å²) in [6, 6.07) is 21.3. The van der Waals surface area contributed by atoms with Crippen LogP contribution in [-0.4, -0.2) is 29.8 Å². The topological polar surface area (TPSA) is 113 Å². The number of carbonyl (C=O) groups excluding carboxylic acids is 3. The molecule has 0 saturated carbocycles. The zero-order chi connectivity index (χ0) is 28.1. The Hall–Kier alpha value is -4.23. The summed E-state index contributed by atoms with van der Waals surface area (Å²) in [5.41, 5.74) is 10.9. The summed E-state index contributed by atoms with van der Waals surface area (Å²) in [7, 11) is 0. The molecule has 3 amide bonds. The Morgan fingerprint density at radius 1 is 0.846 bits per heavy atom. The second-order valence-electron chi connectivity index (χ2n) is 10.3. The van der Waals surface area contributed by atoms with Crippen LogP contribution < -0.4 is 21.7 Å². The van der Waals surface area contributed by atoms with Crippen molar-refractivity contribution in [2.24, 2.45) is 17.6 Å². The van der Waals surface area contributed by atoms with Gasteiger partial charge in [0.25, 0.3) is 5.91 Å². The molecule has 5 N–H and O–H groups in total. The summed E-state index contributed by atoms with van der Waals surface area (Å²) in [4.78, 5) is 38.9. The molecule has 7 nitrogen and oxygen atoms in total. The molecule has 0 bridgehead atoms. The fourth-order valence-corrected chi connectivity index (χ4v) is 4.73. The third-order valence-electron chi connectivity index (χ3n) is 7.28. The van der Waals surface area contributed by atoms with Crippen LogP contribution in [0.5, 0.6) is 0 Å². The molecule has 202 valence electrons. The second kappa shape index (κ2) is 12.1. The van der Waals surface area contributed by atoms with Gasteiger partial charge in [-0.1, -0.05) is 88.7 Å². The fourth-order valence-electron chi connectivity index (χ4n) is 4.73. The van der Waals surface area contributed by atoms with Crippen molar-refractivity contribution >= 4 is 34.7 Å². The highest BCUT2D eigenvalue weighted by Gasteiger charge is 2.32. The minimum absolute atomic E-state index is 0.00859. The van der Waals surface area contributed by atoms with E-state index in [1.165, 1.54) is 0 Å². The molecule has 0 saturated heterocycles. The number of hydrogen-bond acceptors (Lipinski definition) is 4. The third kappa shape index (κ3) is 6.10. The zero-order valence-corrected chi connectivity index (χ0v) is 22.8. The summed E-state index contributed by atoms with van der Waals surface area (Å²) in [5, 5.41) is 9.06. The highest BCUT2D eigenvalue weighted by molar-refractivity contribution is 6.11. The van der Waals surface area contributed by atoms with E-state index in [9.17, 15) is 14.4 Å². The van der Waals surface area contributed by atoms with Crippen LogP contribution in [0.25, 0.3) is 16.7 Å². The van der Waals surface area contributed by atoms with E-state index in [0.717, 1.165) is 28.7 Å². The van der Waals surface area contributed by atoms with Gasteiger partial charge >= 0.3 is 0 Å². The van der Waals surface area contributed by atoms with E-state index in [0.29, 0.717) is 16.9 Å². The quantitative estimate of drug-likeness (QED) is 0.293. The molecule has 1 heterocycles. The Morgan fingerprint density at radius 3 is 1.92 bits per heavy atom. The number of benzene rings is 3. The SMILES string of the molecule is CCC(C)C1NC(=O)c2ccccc2/C1=C/C(=O)Nc1ccccc1-c1ccccc1NC(=O)[C@@H](N)C(C)C. The number of hydrogen-bond donors (Lipinski definition) is 4. The van der Waals surface area contributed by atoms with Crippen LogP contribution in [-0.2, 0) is 9.59 Å². The van der Waals surface area contributed by atoms with Crippen LogP contribution in [0.1, 0.15) is 50.0 Å². The van der Waals surface area contributed by atoms with Gasteiger partial charge in [-0.2, -0.15) is 0 Å². The summed E-state index contributed by atoms with van der Waals surface area (Å²) in [6.45, 7) is 7.93. The smallest absolute Gasteiger partial charge is 0.252 e. The molecule has 39 heavy (non-hydrogen) atoms. The van der Waals surface area contributed by atoms with E-state index >= 15 is 0 Å². The number of fused-ring (bicyclic) bond motifs is 1. The van der Waals surface area contributed by atoms with Crippen molar-refractivity contribution in [3.8, 4) is 11.1 Å². The lowest BCUT2D eigenvalue weighted by molar-refractivity contribution is -0.118. The number of anilines is 2. The van der Waals surface area contributed by atoms with Gasteiger partial charge in [0.05, 0.1) is 12.1 Å². The predicted octanol–water partition coefficient (Wildman–Crippen LogP) is 5.46. The lowest BCUT2D eigenvalue weighted by atomic mass is 9.82. The molecule has 0 aromatic heterocycles. The number of carbonyl (C=O) groups is 3. The molecule has 4 rings (SSSR count). The van der Waals surface area contributed by atoms with Crippen LogP contribution in [0.3, 0.4) is 0 Å². The first kappa shape index (κ1) is 27.8. The van der Waals surface area contributed by atoms with Gasteiger partial charge in [-0.05, 0) is 41.2 Å². The molecule has 0 spiro atoms. The van der Waals surface area contributed by atoms with Crippen molar-refractivity contribution in [3.05, 3.63) is 90.0 Å². The van der Waals surface area contributed by atoms with Gasteiger partial charge in [-0.3, -0.25) is 14.4 Å². The van der Waals surface area contributed by atoms with E-state index in [2.05, 4.69) is 29.8 Å². The van der Waals surface area contributed by atoms with E-state index in [4.69, 9.17) is 5.73 Å². The Kier molecular flexibility index (Phi) is 8.62. The molecular formula is C32H36N4O3. The molecule has 0 radical (unpaired) electrons. The number of nitrogens with one attached hydrogen (secondary N) is 3. The zero-order valence-electron chi connectivity index (χ0n) is 22.8. The summed E-state index contributed by atoms with van der Waals surface area (Å²) in [5.74, 6) is -0.570. The Bertz CT molecular complexity index is 1410. The summed E-state index contributed by atoms with van der Waals surface area (Å²) in [6.07, 6.45) is 2.43. The maximum absolute atomic E-state index is 13.5. The lowest BCUT2D eigenvalue weighted by Crippen LogP contribution is -2.44. The van der Waals surface area contributed by atoms with Crippen molar-refractivity contribution in [2.75, 3.05) is 10.6 Å². The van der Waals surface area contributed by atoms with Crippen molar-refractivity contribution in [3.63, 3.8) is 0 Å². The predicted molar refractivity (Wildman–Crippen MR) is 157 cm³/mol. The molecule has 7 heteroatoms. The maximum Gasteiger partial charge on any atom is 0.252 e. The normalized spacial score (nSPS) is 17.2. The van der Waals surface area contributed by atoms with Gasteiger partial charge in [0.15, 0.2) is 0 Å². The highest BCUT2D eigenvalue weighted by Crippen LogP contribution is 2.35. The Labute approximate surface area is 229 Å². The number of para-hydroxylation sites is 2. The first-order valence-corrected chi connectivity index (χ1v) is 13.4. The van der Waals surface area contributed by atoms with Gasteiger partial charge in [0.1, 0.15) is 0 Å². The lowest BCUT2D eigenvalue weighted by Gasteiger charge is -2.32. The van der Waals surface area contributed by atoms with Crippen molar-refractivity contribution < 1.29 is 14.4 Å². The first-order chi connectivity index (χ1) is 18.7. The van der Waals surface area contributed by atoms with Gasteiger partial charge in [0, 0.05) is 34.1 Å². The van der Waals surface area contributed by atoms with Gasteiger partial charge < -0.3 is 21.7 Å². The minimum Gasteiger partial charge on any atom is -0.345 e. The first-order valence-electron chi connectivity index (χ1n) is 13.4. The van der Waals surface area contributed by atoms with E-state index in [1.807, 2.05) is 80.6 Å². The van der Waals surface area contributed by atoms with Crippen LogP contribution in [0.15, 0.2) is 78.9 Å². The Balaban J connectivity index is 1.68. The molecular weight excluding hydrogens is 488 g/mol. The van der Waals surface area contributed by atoms with Crippen LogP contribution in [0.2, 0.25) is 0 Å². The molecule has 1 aliphatic heterocycles. The average molecular weight is 525 g/mol. The van der Waals surface area contributed by atoms with Gasteiger partial charge in [-0.25, -0.2) is 0 Å². The van der Waals surface area contributed by atoms with Crippen LogP contribution in [0, 0.1) is 11.8 Å². The monoisotopic (exact) mass is 524 g/mol. The average Bonchev–Trinajstić information content (AvgIpc) is 2.94. The van der Waals surface area contributed by atoms with E-state index < -0.39 is 6.04 Å². The standard InChI is InChI=1S/C32H36N4O3/c1-5-20(4)30-25(21-12-6-7-15-24(21)31(38)36-30)18-28(37)34-26-16-10-8-13-22(26)23-14-9-11-17-27(23)35-32(39)29(33)19(2)3/h6-20,29-30H,5,33H2,1-4H3,(H,34,37)(H,35,39)(H,36,38)/b25-18-/t20?,29-,30?/m0/s1. The molecule has 1 aliphatic rings. The molecule has 2 unspecified atom stereocenters. The van der Waals surface area contributed by atoms with Crippen molar-refractivity contribution in [1.29, 1.82) is 0 Å². The summed E-state index contributed by atoms with van der Waals surface area (Å²) >= 11 is 0. The van der Waals surface area contributed by atoms with Crippen molar-refractivity contribution in [2.45, 2.75) is 46.2 Å². The third-order valence-corrected chi connectivity index (χ3v) is 7.28. The molecule has 0 fully saturated rings. The van der Waals surface area contributed by atoms with Crippen LogP contribution >= 0.6 is 0 Å².